The van der Waals surface area contributed by atoms with Gasteiger partial charge in [0.2, 0.25) is 0 Å². The van der Waals surface area contributed by atoms with Crippen LogP contribution in [0, 0.1) is 6.92 Å². The average molecular weight is 412 g/mol. The molecule has 0 aliphatic heterocycles. The van der Waals surface area contributed by atoms with Crippen LogP contribution in [-0.4, -0.2) is 11.1 Å². The number of aryl methyl sites for hydroxylation is 1. The molecule has 0 spiro atoms. The van der Waals surface area contributed by atoms with Crippen LogP contribution in [0.25, 0.3) is 11.3 Å². The fourth-order valence-corrected chi connectivity index (χ4v) is 3.79. The molecule has 2 heterocycles. The van der Waals surface area contributed by atoms with E-state index in [2.05, 4.69) is 26.4 Å². The van der Waals surface area contributed by atoms with Gasteiger partial charge in [-0.1, -0.05) is 35.0 Å². The van der Waals surface area contributed by atoms with Gasteiger partial charge in [0.1, 0.15) is 17.0 Å². The Morgan fingerprint density at radius 1 is 1.43 bits per heavy atom. The Morgan fingerprint density at radius 2 is 2.22 bits per heavy atom. The summed E-state index contributed by atoms with van der Waals surface area (Å²) in [4.78, 5) is 13.6. The van der Waals surface area contributed by atoms with E-state index in [0.717, 1.165) is 9.35 Å². The number of hydrogen-bond donors (Lipinski definition) is 1. The Labute approximate surface area is 150 Å². The van der Waals surface area contributed by atoms with Gasteiger partial charge in [-0.15, -0.1) is 11.3 Å². The summed E-state index contributed by atoms with van der Waals surface area (Å²) in [5, 5.41) is 9.39. The molecule has 0 saturated carbocycles. The molecule has 0 unspecified atom stereocenters. The van der Waals surface area contributed by atoms with Gasteiger partial charge in [0.05, 0.1) is 11.6 Å². The van der Waals surface area contributed by atoms with Gasteiger partial charge in [-0.2, -0.15) is 0 Å². The van der Waals surface area contributed by atoms with Crippen molar-refractivity contribution in [1.82, 2.24) is 10.5 Å². The van der Waals surface area contributed by atoms with Crippen molar-refractivity contribution < 1.29 is 9.32 Å². The number of hydrogen-bond acceptors (Lipinski definition) is 4. The molecule has 1 amide bonds. The smallest absolute Gasteiger partial charge is 0.257 e. The minimum atomic E-state index is -0.233. The molecule has 0 fully saturated rings. The first-order chi connectivity index (χ1) is 11.1. The molecule has 3 aromatic rings. The summed E-state index contributed by atoms with van der Waals surface area (Å²) in [7, 11) is 0. The Kier molecular flexibility index (Phi) is 4.84. The standard InChI is InChI=1S/C16H12BrClN2O2S/c1-9-14(16(21)19-7-11-6-10(17)8-23-11)15(20-22-9)12-4-2-3-5-13(12)18/h2-6,8H,7H2,1H3,(H,19,21). The lowest BCUT2D eigenvalue weighted by Crippen LogP contribution is -2.23. The summed E-state index contributed by atoms with van der Waals surface area (Å²) in [5.74, 6) is 0.230. The van der Waals surface area contributed by atoms with Crippen molar-refractivity contribution in [2.75, 3.05) is 0 Å². The molecule has 1 N–H and O–H groups in total. The van der Waals surface area contributed by atoms with Crippen molar-refractivity contribution in [1.29, 1.82) is 0 Å². The Morgan fingerprint density at radius 3 is 2.91 bits per heavy atom. The number of carbonyl (C=O) groups is 1. The number of benzene rings is 1. The molecule has 0 radical (unpaired) electrons. The van der Waals surface area contributed by atoms with Crippen LogP contribution in [0.5, 0.6) is 0 Å². The summed E-state index contributed by atoms with van der Waals surface area (Å²) in [6, 6.07) is 9.21. The van der Waals surface area contributed by atoms with Gasteiger partial charge in [0.25, 0.3) is 5.91 Å². The van der Waals surface area contributed by atoms with Crippen LogP contribution in [0.1, 0.15) is 21.0 Å². The molecule has 0 aliphatic carbocycles. The number of nitrogens with zero attached hydrogens (tertiary/aromatic N) is 1. The zero-order valence-corrected chi connectivity index (χ0v) is 15.3. The molecule has 0 bridgehead atoms. The SMILES string of the molecule is Cc1onc(-c2ccccc2Cl)c1C(=O)NCc1cc(Br)cs1. The van der Waals surface area contributed by atoms with E-state index in [4.69, 9.17) is 16.1 Å². The molecule has 4 nitrogen and oxygen atoms in total. The van der Waals surface area contributed by atoms with E-state index < -0.39 is 0 Å². The van der Waals surface area contributed by atoms with Crippen LogP contribution in [-0.2, 0) is 6.54 Å². The third kappa shape index (κ3) is 3.49. The fourth-order valence-electron chi connectivity index (χ4n) is 2.18. The first kappa shape index (κ1) is 16.2. The van der Waals surface area contributed by atoms with E-state index >= 15 is 0 Å². The van der Waals surface area contributed by atoms with Crippen molar-refractivity contribution in [3.05, 3.63) is 61.4 Å². The number of nitrogens with one attached hydrogen (secondary N) is 1. The zero-order chi connectivity index (χ0) is 16.4. The summed E-state index contributed by atoms with van der Waals surface area (Å²) >= 11 is 11.2. The van der Waals surface area contributed by atoms with Gasteiger partial charge in [0.15, 0.2) is 0 Å². The molecule has 118 valence electrons. The molecular formula is C16H12BrClN2O2S. The molecule has 2 aromatic heterocycles. The molecule has 1 aromatic carbocycles. The quantitative estimate of drug-likeness (QED) is 0.653. The number of thiophene rings is 1. The normalized spacial score (nSPS) is 10.7. The minimum Gasteiger partial charge on any atom is -0.360 e. The lowest BCUT2D eigenvalue weighted by atomic mass is 10.1. The molecule has 0 saturated heterocycles. The average Bonchev–Trinajstić information content (AvgIpc) is 3.11. The van der Waals surface area contributed by atoms with Crippen molar-refractivity contribution >= 4 is 44.8 Å². The second kappa shape index (κ2) is 6.86. The van der Waals surface area contributed by atoms with E-state index in [0.29, 0.717) is 34.1 Å². The molecule has 23 heavy (non-hydrogen) atoms. The highest BCUT2D eigenvalue weighted by Crippen LogP contribution is 2.31. The van der Waals surface area contributed by atoms with Crippen molar-refractivity contribution in [3.8, 4) is 11.3 Å². The van der Waals surface area contributed by atoms with Crippen LogP contribution in [0.2, 0.25) is 5.02 Å². The highest BCUT2D eigenvalue weighted by molar-refractivity contribution is 9.10. The first-order valence-electron chi connectivity index (χ1n) is 6.78. The van der Waals surface area contributed by atoms with E-state index in [9.17, 15) is 4.79 Å². The molecule has 7 heteroatoms. The van der Waals surface area contributed by atoms with Crippen LogP contribution in [0.3, 0.4) is 0 Å². The highest BCUT2D eigenvalue weighted by Gasteiger charge is 2.22. The lowest BCUT2D eigenvalue weighted by Gasteiger charge is -2.05. The van der Waals surface area contributed by atoms with Gasteiger partial charge >= 0.3 is 0 Å². The Hall–Kier alpha value is -1.63. The third-order valence-electron chi connectivity index (χ3n) is 3.26. The van der Waals surface area contributed by atoms with Crippen molar-refractivity contribution in [2.45, 2.75) is 13.5 Å². The third-order valence-corrected chi connectivity index (χ3v) is 5.29. The fraction of sp³-hybridized carbons (Fsp3) is 0.125. The van der Waals surface area contributed by atoms with Crippen LogP contribution in [0.4, 0.5) is 0 Å². The van der Waals surface area contributed by atoms with Crippen LogP contribution >= 0.6 is 38.9 Å². The number of rotatable bonds is 4. The predicted octanol–water partition coefficient (Wildman–Crippen LogP) is 5.06. The van der Waals surface area contributed by atoms with Gasteiger partial charge in [-0.3, -0.25) is 4.79 Å². The molecule has 3 rings (SSSR count). The molecular weight excluding hydrogens is 400 g/mol. The largest absolute Gasteiger partial charge is 0.360 e. The number of carbonyl (C=O) groups excluding carboxylic acids is 1. The maximum atomic E-state index is 12.6. The second-order valence-electron chi connectivity index (χ2n) is 4.86. The predicted molar refractivity (Wildman–Crippen MR) is 94.9 cm³/mol. The van der Waals surface area contributed by atoms with Gasteiger partial charge in [-0.25, -0.2) is 0 Å². The number of amides is 1. The Bertz CT molecular complexity index is 859. The monoisotopic (exact) mass is 410 g/mol. The maximum Gasteiger partial charge on any atom is 0.257 e. The number of aromatic nitrogens is 1. The molecule has 0 aliphatic rings. The van der Waals surface area contributed by atoms with E-state index in [-0.39, 0.29) is 5.91 Å². The van der Waals surface area contributed by atoms with Crippen LogP contribution < -0.4 is 5.32 Å². The van der Waals surface area contributed by atoms with Gasteiger partial charge in [0, 0.05) is 20.3 Å². The highest BCUT2D eigenvalue weighted by atomic mass is 79.9. The Balaban J connectivity index is 1.86. The van der Waals surface area contributed by atoms with E-state index in [1.165, 1.54) is 0 Å². The topological polar surface area (TPSA) is 55.1 Å². The van der Waals surface area contributed by atoms with Crippen LogP contribution in [0.15, 0.2) is 44.7 Å². The van der Waals surface area contributed by atoms with Gasteiger partial charge < -0.3 is 9.84 Å². The minimum absolute atomic E-state index is 0.233. The lowest BCUT2D eigenvalue weighted by molar-refractivity contribution is 0.0950. The van der Waals surface area contributed by atoms with E-state index in [1.54, 1.807) is 24.3 Å². The zero-order valence-electron chi connectivity index (χ0n) is 12.1. The maximum absolute atomic E-state index is 12.6. The van der Waals surface area contributed by atoms with Crippen molar-refractivity contribution in [3.63, 3.8) is 0 Å². The summed E-state index contributed by atoms with van der Waals surface area (Å²) in [6.07, 6.45) is 0. The van der Waals surface area contributed by atoms with Gasteiger partial charge in [-0.05, 0) is 35.0 Å². The van der Waals surface area contributed by atoms with E-state index in [1.807, 2.05) is 29.6 Å². The van der Waals surface area contributed by atoms with Crippen molar-refractivity contribution in [2.24, 2.45) is 0 Å². The summed E-state index contributed by atoms with van der Waals surface area (Å²) < 4.78 is 6.21. The molecule has 0 atom stereocenters. The first-order valence-corrected chi connectivity index (χ1v) is 8.83. The second-order valence-corrected chi connectivity index (χ2v) is 7.17. The number of halogens is 2. The summed E-state index contributed by atoms with van der Waals surface area (Å²) in [5.41, 5.74) is 1.54. The summed E-state index contributed by atoms with van der Waals surface area (Å²) in [6.45, 7) is 2.16.